The molecule has 1 aromatic carbocycles. The summed E-state index contributed by atoms with van der Waals surface area (Å²) in [5, 5.41) is 7.68. The second-order valence-electron chi connectivity index (χ2n) is 4.48. The molecule has 0 aliphatic carbocycles. The highest BCUT2D eigenvalue weighted by Gasteiger charge is 2.15. The van der Waals surface area contributed by atoms with Gasteiger partial charge in [-0.1, -0.05) is 30.9 Å². The smallest absolute Gasteiger partial charge is 0.352 e. The zero-order valence-electron chi connectivity index (χ0n) is 12.3. The summed E-state index contributed by atoms with van der Waals surface area (Å²) in [7, 11) is 0. The average Bonchev–Trinajstić information content (AvgIpc) is 3.03. The molecule has 6 nitrogen and oxygen atoms in total. The molecule has 1 heterocycles. The molecule has 0 bridgehead atoms. The topological polar surface area (TPSA) is 91.2 Å². The third kappa shape index (κ3) is 3.78. The van der Waals surface area contributed by atoms with E-state index in [1.165, 1.54) is 31.2 Å². The van der Waals surface area contributed by atoms with Gasteiger partial charge in [-0.05, 0) is 25.1 Å². The summed E-state index contributed by atoms with van der Waals surface area (Å²) in [6.07, 6.45) is 4.50. The Morgan fingerprint density at radius 3 is 2.78 bits per heavy atom. The van der Waals surface area contributed by atoms with E-state index in [0.29, 0.717) is 5.57 Å². The quantitative estimate of drug-likeness (QED) is 0.518. The zero-order valence-corrected chi connectivity index (χ0v) is 12.3. The van der Waals surface area contributed by atoms with Gasteiger partial charge in [-0.15, -0.1) is 10.2 Å². The molecular weight excluding hydrogens is 301 g/mol. The van der Waals surface area contributed by atoms with Crippen LogP contribution in [0.4, 0.5) is 4.39 Å². The number of halogens is 1. The van der Waals surface area contributed by atoms with Crippen molar-refractivity contribution >= 4 is 11.5 Å². The average molecular weight is 315 g/mol. The van der Waals surface area contributed by atoms with Crippen molar-refractivity contribution in [3.8, 4) is 11.5 Å². The van der Waals surface area contributed by atoms with Crippen LogP contribution in [0.3, 0.4) is 0 Å². The van der Waals surface area contributed by atoms with Crippen molar-refractivity contribution in [3.05, 3.63) is 66.4 Å². The normalized spacial score (nSPS) is 12.1. The lowest BCUT2D eigenvalue weighted by Crippen LogP contribution is -2.10. The summed E-state index contributed by atoms with van der Waals surface area (Å²) in [5.41, 5.74) is 0.829. The fourth-order valence-electron chi connectivity index (χ4n) is 1.78. The highest BCUT2D eigenvalue weighted by Crippen LogP contribution is 2.24. The molecule has 0 amide bonds. The maximum atomic E-state index is 13.7. The lowest BCUT2D eigenvalue weighted by molar-refractivity contribution is -0.139. The molecule has 0 unspecified atom stereocenters. The Kier molecular flexibility index (Phi) is 5.16. The standard InChI is InChI=1S/C16H14FN3O3/c1-3-6-11(9-10(2)16(21)23-18)14-19-20-15(22-14)12-7-4-5-8-13(12)17/h3-9H,1,18H2,2H3/b10-9+,11-6+. The predicted molar refractivity (Wildman–Crippen MR) is 81.9 cm³/mol. The van der Waals surface area contributed by atoms with Crippen LogP contribution in [-0.2, 0) is 9.63 Å². The van der Waals surface area contributed by atoms with Crippen molar-refractivity contribution in [3.63, 3.8) is 0 Å². The largest absolute Gasteiger partial charge is 0.416 e. The van der Waals surface area contributed by atoms with Crippen molar-refractivity contribution in [1.29, 1.82) is 0 Å². The molecule has 0 radical (unpaired) electrons. The van der Waals surface area contributed by atoms with Crippen LogP contribution in [0.5, 0.6) is 0 Å². The second-order valence-corrected chi connectivity index (χ2v) is 4.48. The molecule has 118 valence electrons. The number of nitrogens with zero attached hydrogens (tertiary/aromatic N) is 2. The van der Waals surface area contributed by atoms with E-state index >= 15 is 0 Å². The number of carbonyl (C=O) groups is 1. The van der Waals surface area contributed by atoms with E-state index in [9.17, 15) is 9.18 Å². The first kappa shape index (κ1) is 16.3. The van der Waals surface area contributed by atoms with Crippen molar-refractivity contribution in [2.75, 3.05) is 0 Å². The molecule has 23 heavy (non-hydrogen) atoms. The lowest BCUT2D eigenvalue weighted by atomic mass is 10.1. The van der Waals surface area contributed by atoms with Gasteiger partial charge < -0.3 is 9.25 Å². The Hall–Kier alpha value is -3.06. The third-order valence-electron chi connectivity index (χ3n) is 2.87. The van der Waals surface area contributed by atoms with Crippen LogP contribution in [0.15, 0.2) is 59.1 Å². The second kappa shape index (κ2) is 7.28. The van der Waals surface area contributed by atoms with Gasteiger partial charge in [0.25, 0.3) is 5.89 Å². The van der Waals surface area contributed by atoms with Gasteiger partial charge >= 0.3 is 5.97 Å². The molecule has 7 heteroatoms. The van der Waals surface area contributed by atoms with E-state index in [1.54, 1.807) is 18.2 Å². The minimum Gasteiger partial charge on any atom is -0.416 e. The Morgan fingerprint density at radius 2 is 2.13 bits per heavy atom. The summed E-state index contributed by atoms with van der Waals surface area (Å²) >= 11 is 0. The molecule has 2 aromatic rings. The van der Waals surface area contributed by atoms with Gasteiger partial charge in [0.05, 0.1) is 5.56 Å². The van der Waals surface area contributed by atoms with Gasteiger partial charge in [0, 0.05) is 11.1 Å². The van der Waals surface area contributed by atoms with Gasteiger partial charge in [0.2, 0.25) is 5.89 Å². The van der Waals surface area contributed by atoms with Crippen molar-refractivity contribution in [1.82, 2.24) is 10.2 Å². The minimum atomic E-state index is -0.700. The molecule has 0 fully saturated rings. The first-order chi connectivity index (χ1) is 11.1. The van der Waals surface area contributed by atoms with E-state index in [0.717, 1.165) is 0 Å². The van der Waals surface area contributed by atoms with E-state index in [1.807, 2.05) is 0 Å². The number of hydrogen-bond donors (Lipinski definition) is 1. The van der Waals surface area contributed by atoms with Gasteiger partial charge in [0.15, 0.2) is 0 Å². The molecule has 2 rings (SSSR count). The van der Waals surface area contributed by atoms with Gasteiger partial charge in [0.1, 0.15) is 5.82 Å². The van der Waals surface area contributed by atoms with Crippen LogP contribution in [0.25, 0.3) is 17.0 Å². The minimum absolute atomic E-state index is 0.0283. The van der Waals surface area contributed by atoms with Crippen LogP contribution in [0, 0.1) is 5.82 Å². The Labute approximate surface area is 131 Å². The fraction of sp³-hybridized carbons (Fsp3) is 0.0625. The first-order valence-corrected chi connectivity index (χ1v) is 6.57. The molecule has 0 saturated heterocycles. The highest BCUT2D eigenvalue weighted by molar-refractivity contribution is 5.91. The predicted octanol–water partition coefficient (Wildman–Crippen LogP) is 2.81. The third-order valence-corrected chi connectivity index (χ3v) is 2.87. The zero-order chi connectivity index (χ0) is 16.8. The Bertz CT molecular complexity index is 793. The van der Waals surface area contributed by atoms with E-state index in [-0.39, 0.29) is 22.9 Å². The van der Waals surface area contributed by atoms with E-state index in [2.05, 4.69) is 21.6 Å². The van der Waals surface area contributed by atoms with Crippen LogP contribution in [-0.4, -0.2) is 16.2 Å². The van der Waals surface area contributed by atoms with Gasteiger partial charge in [-0.3, -0.25) is 0 Å². The number of aromatic nitrogens is 2. The molecular formula is C16H14FN3O3. The fourth-order valence-corrected chi connectivity index (χ4v) is 1.78. The number of rotatable bonds is 5. The number of benzene rings is 1. The number of carbonyl (C=O) groups excluding carboxylic acids is 1. The molecule has 0 spiro atoms. The SMILES string of the molecule is C=C/C=C(\C=C(/C)C(=O)ON)c1nnc(-c2ccccc2F)o1. The molecule has 0 aliphatic rings. The van der Waals surface area contributed by atoms with Crippen LogP contribution in [0.2, 0.25) is 0 Å². The van der Waals surface area contributed by atoms with Crippen LogP contribution >= 0.6 is 0 Å². The maximum absolute atomic E-state index is 13.7. The van der Waals surface area contributed by atoms with E-state index in [4.69, 9.17) is 10.3 Å². The Morgan fingerprint density at radius 1 is 1.39 bits per heavy atom. The molecule has 2 N–H and O–H groups in total. The lowest BCUT2D eigenvalue weighted by Gasteiger charge is -1.99. The number of nitrogens with two attached hydrogens (primary N) is 1. The van der Waals surface area contributed by atoms with Crippen LogP contribution in [0.1, 0.15) is 12.8 Å². The van der Waals surface area contributed by atoms with E-state index < -0.39 is 11.8 Å². The first-order valence-electron chi connectivity index (χ1n) is 6.57. The van der Waals surface area contributed by atoms with Crippen molar-refractivity contribution in [2.45, 2.75) is 6.92 Å². The monoisotopic (exact) mass is 315 g/mol. The molecule has 0 atom stereocenters. The summed E-state index contributed by atoms with van der Waals surface area (Å²) in [5.74, 6) is 3.79. The Balaban J connectivity index is 2.40. The summed E-state index contributed by atoms with van der Waals surface area (Å²) < 4.78 is 19.2. The molecule has 0 saturated carbocycles. The summed E-state index contributed by atoms with van der Waals surface area (Å²) in [6, 6.07) is 6.03. The van der Waals surface area contributed by atoms with Crippen molar-refractivity contribution < 1.29 is 18.4 Å². The van der Waals surface area contributed by atoms with Gasteiger partial charge in [-0.25, -0.2) is 9.18 Å². The van der Waals surface area contributed by atoms with Gasteiger partial charge in [-0.2, -0.15) is 5.90 Å². The van der Waals surface area contributed by atoms with Crippen molar-refractivity contribution in [2.24, 2.45) is 5.90 Å². The number of hydrogen-bond acceptors (Lipinski definition) is 6. The number of allylic oxidation sites excluding steroid dienone is 4. The maximum Gasteiger partial charge on any atom is 0.352 e. The highest BCUT2D eigenvalue weighted by atomic mass is 19.1. The summed E-state index contributed by atoms with van der Waals surface area (Å²) in [4.78, 5) is 15.5. The van der Waals surface area contributed by atoms with Crippen LogP contribution < -0.4 is 5.90 Å². The molecule has 0 aliphatic heterocycles. The molecule has 1 aromatic heterocycles. The summed E-state index contributed by atoms with van der Waals surface area (Å²) in [6.45, 7) is 5.10.